The average molecular weight is 236 g/mol. The van der Waals surface area contributed by atoms with E-state index < -0.39 is 5.95 Å². The SMILES string of the molecule is O=Cc1cc(Cl)ccc1-c1ccc(F)nc1. The Morgan fingerprint density at radius 2 is 2.06 bits per heavy atom. The van der Waals surface area contributed by atoms with Gasteiger partial charge in [0.05, 0.1) is 0 Å². The average Bonchev–Trinajstić information content (AvgIpc) is 2.30. The number of aldehydes is 1. The number of halogens is 2. The van der Waals surface area contributed by atoms with E-state index in [0.29, 0.717) is 28.0 Å². The van der Waals surface area contributed by atoms with Gasteiger partial charge >= 0.3 is 0 Å². The summed E-state index contributed by atoms with van der Waals surface area (Å²) in [6.45, 7) is 0. The van der Waals surface area contributed by atoms with Crippen LogP contribution in [0, 0.1) is 5.95 Å². The molecule has 0 unspecified atom stereocenters. The van der Waals surface area contributed by atoms with E-state index in [9.17, 15) is 9.18 Å². The summed E-state index contributed by atoms with van der Waals surface area (Å²) in [4.78, 5) is 14.4. The Bertz CT molecular complexity index is 525. The predicted molar refractivity (Wildman–Crippen MR) is 60.0 cm³/mol. The minimum absolute atomic E-state index is 0.459. The van der Waals surface area contributed by atoms with E-state index in [0.717, 1.165) is 0 Å². The lowest BCUT2D eigenvalue weighted by Crippen LogP contribution is -1.89. The monoisotopic (exact) mass is 235 g/mol. The van der Waals surface area contributed by atoms with Crippen LogP contribution in [0.4, 0.5) is 4.39 Å². The van der Waals surface area contributed by atoms with Crippen molar-refractivity contribution in [2.45, 2.75) is 0 Å². The van der Waals surface area contributed by atoms with Crippen molar-refractivity contribution in [2.75, 3.05) is 0 Å². The van der Waals surface area contributed by atoms with Crippen LogP contribution in [0.2, 0.25) is 5.02 Å². The fourth-order valence-electron chi connectivity index (χ4n) is 1.43. The van der Waals surface area contributed by atoms with Crippen molar-refractivity contribution >= 4 is 17.9 Å². The number of hydrogen-bond donors (Lipinski definition) is 0. The van der Waals surface area contributed by atoms with Crippen LogP contribution in [-0.2, 0) is 0 Å². The van der Waals surface area contributed by atoms with Crippen LogP contribution in [0.25, 0.3) is 11.1 Å². The number of carbonyl (C=O) groups is 1. The lowest BCUT2D eigenvalue weighted by Gasteiger charge is -2.04. The first-order valence-corrected chi connectivity index (χ1v) is 4.95. The maximum atomic E-state index is 12.6. The summed E-state index contributed by atoms with van der Waals surface area (Å²) in [6.07, 6.45) is 2.09. The molecule has 0 aliphatic carbocycles. The standard InChI is InChI=1S/C12H7ClFNO/c13-10-2-3-11(9(5-10)7-16)8-1-4-12(14)15-6-8/h1-7H. The molecule has 0 radical (unpaired) electrons. The van der Waals surface area contributed by atoms with E-state index in [1.54, 1.807) is 24.3 Å². The van der Waals surface area contributed by atoms with Gasteiger partial charge < -0.3 is 0 Å². The molecule has 0 aliphatic rings. The molecule has 0 fully saturated rings. The molecule has 2 rings (SSSR count). The molecule has 16 heavy (non-hydrogen) atoms. The van der Waals surface area contributed by atoms with Gasteiger partial charge in [-0.25, -0.2) is 4.98 Å². The molecule has 0 amide bonds. The van der Waals surface area contributed by atoms with Gasteiger partial charge in [-0.05, 0) is 29.8 Å². The maximum Gasteiger partial charge on any atom is 0.212 e. The predicted octanol–water partition coefficient (Wildman–Crippen LogP) is 3.35. The van der Waals surface area contributed by atoms with Crippen molar-refractivity contribution < 1.29 is 9.18 Å². The Hall–Kier alpha value is -1.74. The zero-order valence-electron chi connectivity index (χ0n) is 8.15. The van der Waals surface area contributed by atoms with Crippen LogP contribution in [0.1, 0.15) is 10.4 Å². The van der Waals surface area contributed by atoms with Crippen LogP contribution >= 0.6 is 11.6 Å². The quantitative estimate of drug-likeness (QED) is 0.590. The molecule has 1 aromatic carbocycles. The summed E-state index contributed by atoms with van der Waals surface area (Å²) in [5, 5.41) is 0.487. The molecule has 0 aliphatic heterocycles. The largest absolute Gasteiger partial charge is 0.298 e. The summed E-state index contributed by atoms with van der Waals surface area (Å²) >= 11 is 5.77. The minimum atomic E-state index is -0.551. The van der Waals surface area contributed by atoms with E-state index in [1.807, 2.05) is 0 Å². The number of benzene rings is 1. The first kappa shape index (κ1) is 10.8. The Labute approximate surface area is 96.7 Å². The van der Waals surface area contributed by atoms with E-state index in [2.05, 4.69) is 4.98 Å². The van der Waals surface area contributed by atoms with E-state index in [4.69, 9.17) is 11.6 Å². The fraction of sp³-hybridized carbons (Fsp3) is 0. The van der Waals surface area contributed by atoms with E-state index in [-0.39, 0.29) is 0 Å². The number of pyridine rings is 1. The molecule has 0 bridgehead atoms. The Morgan fingerprint density at radius 1 is 1.25 bits per heavy atom. The van der Waals surface area contributed by atoms with Crippen molar-refractivity contribution in [1.29, 1.82) is 0 Å². The highest BCUT2D eigenvalue weighted by molar-refractivity contribution is 6.31. The zero-order chi connectivity index (χ0) is 11.5. The number of carbonyl (C=O) groups excluding carboxylic acids is 1. The Kier molecular flexibility index (Phi) is 2.97. The third-order valence-corrected chi connectivity index (χ3v) is 2.41. The van der Waals surface area contributed by atoms with E-state index >= 15 is 0 Å². The summed E-state index contributed by atoms with van der Waals surface area (Å²) in [7, 11) is 0. The highest BCUT2D eigenvalue weighted by Crippen LogP contribution is 2.24. The highest BCUT2D eigenvalue weighted by Gasteiger charge is 2.05. The smallest absolute Gasteiger partial charge is 0.212 e. The lowest BCUT2D eigenvalue weighted by atomic mass is 10.0. The molecule has 80 valence electrons. The second kappa shape index (κ2) is 4.41. The first-order valence-electron chi connectivity index (χ1n) is 4.57. The topological polar surface area (TPSA) is 30.0 Å². The van der Waals surface area contributed by atoms with Crippen molar-refractivity contribution in [1.82, 2.24) is 4.98 Å². The molecular weight excluding hydrogens is 229 g/mol. The second-order valence-corrected chi connectivity index (χ2v) is 3.66. The van der Waals surface area contributed by atoms with Gasteiger partial charge in [0.15, 0.2) is 6.29 Å². The van der Waals surface area contributed by atoms with Gasteiger partial charge in [0.2, 0.25) is 5.95 Å². The van der Waals surface area contributed by atoms with Gasteiger partial charge in [-0.3, -0.25) is 4.79 Å². The Balaban J connectivity index is 2.55. The molecule has 0 spiro atoms. The van der Waals surface area contributed by atoms with Crippen molar-refractivity contribution in [3.63, 3.8) is 0 Å². The van der Waals surface area contributed by atoms with Gasteiger partial charge in [-0.2, -0.15) is 4.39 Å². The molecule has 0 saturated heterocycles. The van der Waals surface area contributed by atoms with Crippen LogP contribution in [0.15, 0.2) is 36.5 Å². The normalized spacial score (nSPS) is 10.1. The Morgan fingerprint density at radius 3 is 2.69 bits per heavy atom. The second-order valence-electron chi connectivity index (χ2n) is 3.22. The van der Waals surface area contributed by atoms with E-state index in [1.165, 1.54) is 12.3 Å². The fourth-order valence-corrected chi connectivity index (χ4v) is 1.61. The number of aromatic nitrogens is 1. The van der Waals surface area contributed by atoms with Crippen LogP contribution < -0.4 is 0 Å². The third kappa shape index (κ3) is 2.09. The molecular formula is C12H7ClFNO. The molecule has 1 heterocycles. The molecule has 2 nitrogen and oxygen atoms in total. The number of nitrogens with zero attached hydrogens (tertiary/aromatic N) is 1. The molecule has 0 saturated carbocycles. The number of hydrogen-bond acceptors (Lipinski definition) is 2. The summed E-state index contributed by atoms with van der Waals surface area (Å²) in [6, 6.07) is 7.76. The lowest BCUT2D eigenvalue weighted by molar-refractivity contribution is 0.112. The first-order chi connectivity index (χ1) is 7.70. The van der Waals surface area contributed by atoms with Crippen molar-refractivity contribution in [3.8, 4) is 11.1 Å². The van der Waals surface area contributed by atoms with Gasteiger partial charge in [0.25, 0.3) is 0 Å². The zero-order valence-corrected chi connectivity index (χ0v) is 8.91. The van der Waals surface area contributed by atoms with Crippen molar-refractivity contribution in [2.24, 2.45) is 0 Å². The molecule has 4 heteroatoms. The van der Waals surface area contributed by atoms with Gasteiger partial charge in [0, 0.05) is 22.3 Å². The molecule has 0 atom stereocenters. The van der Waals surface area contributed by atoms with Gasteiger partial charge in [-0.1, -0.05) is 17.7 Å². The summed E-state index contributed by atoms with van der Waals surface area (Å²) in [5.74, 6) is -0.551. The van der Waals surface area contributed by atoms with Gasteiger partial charge in [0.1, 0.15) is 0 Å². The highest BCUT2D eigenvalue weighted by atomic mass is 35.5. The number of rotatable bonds is 2. The molecule has 2 aromatic rings. The third-order valence-electron chi connectivity index (χ3n) is 2.18. The van der Waals surface area contributed by atoms with Crippen LogP contribution in [-0.4, -0.2) is 11.3 Å². The maximum absolute atomic E-state index is 12.6. The minimum Gasteiger partial charge on any atom is -0.298 e. The molecule has 1 aromatic heterocycles. The van der Waals surface area contributed by atoms with Crippen molar-refractivity contribution in [3.05, 3.63) is 53.1 Å². The van der Waals surface area contributed by atoms with Gasteiger partial charge in [-0.15, -0.1) is 0 Å². The summed E-state index contributed by atoms with van der Waals surface area (Å²) < 4.78 is 12.6. The van der Waals surface area contributed by atoms with Crippen LogP contribution in [0.3, 0.4) is 0 Å². The van der Waals surface area contributed by atoms with Crippen LogP contribution in [0.5, 0.6) is 0 Å². The summed E-state index contributed by atoms with van der Waals surface area (Å²) in [5.41, 5.74) is 1.83. The molecule has 0 N–H and O–H groups in total.